The number of nitrogens with zero attached hydrogens (tertiary/aromatic N) is 4. The largest absolute Gasteiger partial charge is 0.463 e. The molecule has 4 heterocycles. The van der Waals surface area contributed by atoms with E-state index >= 15 is 4.39 Å². The second-order valence-corrected chi connectivity index (χ2v) is 12.0. The smallest absolute Gasteiger partial charge is 0.319 e. The van der Waals surface area contributed by atoms with Crippen LogP contribution in [-0.2, 0) is 6.42 Å². The van der Waals surface area contributed by atoms with Gasteiger partial charge in [-0.15, -0.1) is 6.42 Å². The van der Waals surface area contributed by atoms with Gasteiger partial charge in [0.2, 0.25) is 0 Å². The SMILES string of the molecule is C#Cc1c(F)ccc2cc(N)cc(-c3nc4c5c(nc(OCC6CN(C)CC/C6=C\F)nc5c3F)NC(C)CC4)c12.CC.CCC(F)NCF. The van der Waals surface area contributed by atoms with Crippen LogP contribution in [0.15, 0.2) is 36.2 Å². The van der Waals surface area contributed by atoms with Crippen LogP contribution in [0.4, 0.5) is 33.5 Å². The van der Waals surface area contributed by atoms with Gasteiger partial charge in [-0.25, -0.2) is 26.9 Å². The molecule has 2 aliphatic rings. The molecule has 0 amide bonds. The number of benzene rings is 2. The number of rotatable bonds is 7. The third-order valence-corrected chi connectivity index (χ3v) is 8.58. The number of nitrogen functional groups attached to an aromatic ring is 1. The number of terminal acetylenes is 1. The van der Waals surface area contributed by atoms with Crippen LogP contribution < -0.4 is 21.1 Å². The summed E-state index contributed by atoms with van der Waals surface area (Å²) in [7, 11) is 1.97. The Morgan fingerprint density at radius 1 is 1.18 bits per heavy atom. The summed E-state index contributed by atoms with van der Waals surface area (Å²) in [5.74, 6) is 1.30. The summed E-state index contributed by atoms with van der Waals surface area (Å²) in [6, 6.07) is 6.02. The average molecular weight is 698 g/mol. The van der Waals surface area contributed by atoms with Crippen molar-refractivity contribution in [3.05, 3.63) is 59.1 Å². The van der Waals surface area contributed by atoms with Gasteiger partial charge < -0.3 is 20.7 Å². The Morgan fingerprint density at radius 2 is 1.94 bits per heavy atom. The van der Waals surface area contributed by atoms with E-state index in [4.69, 9.17) is 21.9 Å². The Bertz CT molecular complexity index is 1880. The first-order valence-corrected chi connectivity index (χ1v) is 16.8. The second-order valence-electron chi connectivity index (χ2n) is 12.0. The lowest BCUT2D eigenvalue weighted by Gasteiger charge is -2.31. The number of aromatic nitrogens is 3. The van der Waals surface area contributed by atoms with Gasteiger partial charge in [0.25, 0.3) is 0 Å². The lowest BCUT2D eigenvalue weighted by Crippen LogP contribution is -2.36. The van der Waals surface area contributed by atoms with Gasteiger partial charge in [0.15, 0.2) is 12.1 Å². The standard InChI is InChI=1S/C31H29F3N6O.C4H9F2N.C2H6/c1-4-21-23(33)7-6-17-11-20(35)12-22(25(17)21)28-27(34)29-26-24(37-28)8-5-16(2)36-30(26)39-31(38-29)41-15-19-14-40(3)10-9-18(19)13-32;1-2-4(6)7-3-5;1-2/h1,6-7,11-13,16,19H,5,8-10,14-15,35H2,2-3H3,(H,36,38,39);4,7H,2-3H2,1H3;1-2H3/b18-13+;;. The number of pyridine rings is 1. The highest BCUT2D eigenvalue weighted by molar-refractivity contribution is 6.04. The molecule has 0 bridgehead atoms. The Labute approximate surface area is 289 Å². The first-order valence-electron chi connectivity index (χ1n) is 16.8. The third-order valence-electron chi connectivity index (χ3n) is 8.58. The van der Waals surface area contributed by atoms with Crippen molar-refractivity contribution < 1.29 is 26.7 Å². The highest BCUT2D eigenvalue weighted by atomic mass is 19.2. The normalized spacial score (nSPS) is 18.6. The zero-order valence-corrected chi connectivity index (χ0v) is 29.0. The van der Waals surface area contributed by atoms with Crippen LogP contribution in [0.25, 0.3) is 32.9 Å². The lowest BCUT2D eigenvalue weighted by atomic mass is 9.94. The molecule has 3 unspecified atom stereocenters. The molecule has 50 heavy (non-hydrogen) atoms. The fourth-order valence-electron chi connectivity index (χ4n) is 6.02. The number of nitrogens with two attached hydrogens (primary N) is 1. The predicted molar refractivity (Wildman–Crippen MR) is 190 cm³/mol. The number of ether oxygens (including phenoxy) is 1. The summed E-state index contributed by atoms with van der Waals surface area (Å²) in [6.45, 7) is 8.38. The van der Waals surface area contributed by atoms with Crippen molar-refractivity contribution in [2.45, 2.75) is 65.7 Å². The van der Waals surface area contributed by atoms with E-state index in [0.717, 1.165) is 6.54 Å². The Morgan fingerprint density at radius 3 is 2.60 bits per heavy atom. The predicted octanol–water partition coefficient (Wildman–Crippen LogP) is 7.85. The molecule has 0 saturated carbocycles. The highest BCUT2D eigenvalue weighted by Gasteiger charge is 2.28. The molecular weight excluding hydrogens is 653 g/mol. The molecule has 8 nitrogen and oxygen atoms in total. The number of anilines is 2. The molecule has 6 rings (SSSR count). The van der Waals surface area contributed by atoms with Gasteiger partial charge in [0.05, 0.1) is 29.6 Å². The molecule has 268 valence electrons. The number of nitrogens with one attached hydrogen (secondary N) is 2. The number of fused-ring (bicyclic) bond motifs is 1. The van der Waals surface area contributed by atoms with Gasteiger partial charge in [-0.3, -0.25) is 5.32 Å². The molecule has 2 aliphatic heterocycles. The van der Waals surface area contributed by atoms with E-state index in [0.29, 0.717) is 77.5 Å². The van der Waals surface area contributed by atoms with Crippen LogP contribution in [0, 0.1) is 29.9 Å². The van der Waals surface area contributed by atoms with Crippen LogP contribution in [0.2, 0.25) is 0 Å². The minimum Gasteiger partial charge on any atom is -0.463 e. The van der Waals surface area contributed by atoms with Crippen molar-refractivity contribution in [1.82, 2.24) is 25.2 Å². The molecule has 2 aromatic carbocycles. The topological polar surface area (TPSA) is 101 Å². The fraction of sp³-hybridized carbons (Fsp3) is 0.432. The van der Waals surface area contributed by atoms with E-state index in [-0.39, 0.29) is 46.9 Å². The molecular formula is C37H44F5N7O. The van der Waals surface area contributed by atoms with Gasteiger partial charge in [-0.1, -0.05) is 32.8 Å². The quantitative estimate of drug-likeness (QED) is 0.0777. The summed E-state index contributed by atoms with van der Waals surface area (Å²) in [5, 5.41) is 6.66. The number of aryl methyl sites for hydroxylation is 1. The number of alkyl halides is 2. The first-order chi connectivity index (χ1) is 24.1. The molecule has 1 fully saturated rings. The van der Waals surface area contributed by atoms with Crippen LogP contribution in [0.1, 0.15) is 58.2 Å². The number of piperidine rings is 1. The third kappa shape index (κ3) is 8.42. The molecule has 13 heteroatoms. The Balaban J connectivity index is 0.000000559. The number of likely N-dealkylation sites (tertiary alicyclic amines) is 1. The van der Waals surface area contributed by atoms with Crippen molar-refractivity contribution in [2.24, 2.45) is 5.92 Å². The Hall–Kier alpha value is -4.54. The van der Waals surface area contributed by atoms with Crippen LogP contribution in [-0.4, -0.2) is 65.7 Å². The number of hydrogen-bond acceptors (Lipinski definition) is 8. The summed E-state index contributed by atoms with van der Waals surface area (Å²) in [5.41, 5.74) is 8.06. The summed E-state index contributed by atoms with van der Waals surface area (Å²) in [4.78, 5) is 15.9. The van der Waals surface area contributed by atoms with Gasteiger partial charge >= 0.3 is 6.01 Å². The van der Waals surface area contributed by atoms with E-state index < -0.39 is 24.7 Å². The monoisotopic (exact) mass is 697 g/mol. The summed E-state index contributed by atoms with van der Waals surface area (Å²) < 4.78 is 73.7. The van der Waals surface area contributed by atoms with Crippen molar-refractivity contribution in [3.8, 4) is 29.6 Å². The zero-order valence-electron chi connectivity index (χ0n) is 29.0. The fourth-order valence-corrected chi connectivity index (χ4v) is 6.02. The Kier molecular flexibility index (Phi) is 13.3. The summed E-state index contributed by atoms with van der Waals surface area (Å²) in [6.07, 6.45) is 7.32. The minimum absolute atomic E-state index is 0.00141. The molecule has 3 atom stereocenters. The van der Waals surface area contributed by atoms with Gasteiger partial charge in [0, 0.05) is 41.7 Å². The van der Waals surface area contributed by atoms with Crippen molar-refractivity contribution in [1.29, 1.82) is 0 Å². The average Bonchev–Trinajstić information content (AvgIpc) is 3.27. The summed E-state index contributed by atoms with van der Waals surface area (Å²) >= 11 is 0. The maximum atomic E-state index is 16.6. The maximum absolute atomic E-state index is 16.6. The van der Waals surface area contributed by atoms with Crippen molar-refractivity contribution in [3.63, 3.8) is 0 Å². The van der Waals surface area contributed by atoms with Crippen LogP contribution in [0.3, 0.4) is 0 Å². The van der Waals surface area contributed by atoms with Gasteiger partial charge in [-0.2, -0.15) is 9.97 Å². The molecule has 0 radical (unpaired) electrons. The van der Waals surface area contributed by atoms with Gasteiger partial charge in [0.1, 0.15) is 29.6 Å². The second kappa shape index (κ2) is 17.4. The highest BCUT2D eigenvalue weighted by Crippen LogP contribution is 2.40. The molecule has 4 aromatic rings. The van der Waals surface area contributed by atoms with Crippen LogP contribution >= 0.6 is 0 Å². The van der Waals surface area contributed by atoms with E-state index in [1.807, 2.05) is 33.1 Å². The minimum atomic E-state index is -1.18. The maximum Gasteiger partial charge on any atom is 0.319 e. The first kappa shape index (κ1) is 38.3. The van der Waals surface area contributed by atoms with Crippen molar-refractivity contribution >= 4 is 33.2 Å². The zero-order chi connectivity index (χ0) is 36.5. The lowest BCUT2D eigenvalue weighted by molar-refractivity contribution is 0.180. The van der Waals surface area contributed by atoms with E-state index in [1.54, 1.807) is 25.1 Å². The van der Waals surface area contributed by atoms with E-state index in [2.05, 4.69) is 26.1 Å². The van der Waals surface area contributed by atoms with Gasteiger partial charge in [-0.05, 0) is 68.8 Å². The number of hydrogen-bond donors (Lipinski definition) is 3. The molecule has 0 aliphatic carbocycles. The molecule has 1 saturated heterocycles. The van der Waals surface area contributed by atoms with Crippen molar-refractivity contribution in [2.75, 3.05) is 44.6 Å². The molecule has 2 aromatic heterocycles. The van der Waals surface area contributed by atoms with E-state index in [9.17, 15) is 17.6 Å². The van der Waals surface area contributed by atoms with Crippen LogP contribution in [0.5, 0.6) is 6.01 Å². The molecule has 0 spiro atoms. The number of halogens is 5. The van der Waals surface area contributed by atoms with E-state index in [1.165, 1.54) is 6.07 Å². The molecule has 4 N–H and O–H groups in total.